The Bertz CT molecular complexity index is 235. The lowest BCUT2D eigenvalue weighted by Crippen LogP contribution is -2.33. The van der Waals surface area contributed by atoms with Crippen molar-refractivity contribution < 1.29 is 44.5 Å². The van der Waals surface area contributed by atoms with Crippen LogP contribution < -0.4 is 0 Å². The first-order valence-corrected chi connectivity index (χ1v) is 4.54. The molecule has 18 heavy (non-hydrogen) atoms. The number of aliphatic carboxylic acids is 2. The quantitative estimate of drug-likeness (QED) is 0.253. The van der Waals surface area contributed by atoms with Crippen LogP contribution >= 0.6 is 0 Å². The van der Waals surface area contributed by atoms with Crippen molar-refractivity contribution in [3.63, 3.8) is 0 Å². The van der Waals surface area contributed by atoms with Crippen LogP contribution in [0.15, 0.2) is 0 Å². The smallest absolute Gasteiger partial charge is 0.329 e. The Morgan fingerprint density at radius 1 is 0.889 bits per heavy atom. The molecule has 0 radical (unpaired) electrons. The minimum absolute atomic E-state index is 0.156. The average molecular weight is 270 g/mol. The molecule has 0 rings (SSSR count). The summed E-state index contributed by atoms with van der Waals surface area (Å²) < 4.78 is 8.93. The van der Waals surface area contributed by atoms with Gasteiger partial charge in [-0.2, -0.15) is 0 Å². The molecule has 0 spiro atoms. The van der Waals surface area contributed by atoms with Gasteiger partial charge in [0.15, 0.2) is 0 Å². The molecule has 0 aromatic heterocycles. The molecule has 0 aliphatic heterocycles. The first kappa shape index (κ1) is 16.7. The molecule has 0 amide bonds. The monoisotopic (exact) mass is 270 g/mol. The van der Waals surface area contributed by atoms with Gasteiger partial charge in [-0.15, -0.1) is 5.06 Å². The van der Waals surface area contributed by atoms with Crippen molar-refractivity contribution in [2.75, 3.05) is 33.4 Å². The van der Waals surface area contributed by atoms with Gasteiger partial charge in [-0.1, -0.05) is 0 Å². The Balaban J connectivity index is 3.49. The molecular formula is C7H14N2O9. The van der Waals surface area contributed by atoms with Crippen molar-refractivity contribution in [2.24, 2.45) is 0 Å². The van der Waals surface area contributed by atoms with E-state index in [1.165, 1.54) is 0 Å². The summed E-state index contributed by atoms with van der Waals surface area (Å²) >= 11 is 0. The van der Waals surface area contributed by atoms with E-state index in [2.05, 4.69) is 14.3 Å². The highest BCUT2D eigenvalue weighted by Crippen LogP contribution is 1.90. The molecule has 11 heteroatoms. The van der Waals surface area contributed by atoms with Crippen LogP contribution in [-0.2, 0) is 23.9 Å². The highest BCUT2D eigenvalue weighted by atomic mass is 16.9. The number of nitrogens with zero attached hydrogens (tertiary/aromatic N) is 2. The second-order valence-electron chi connectivity index (χ2n) is 2.86. The lowest BCUT2D eigenvalue weighted by atomic mass is 10.7. The van der Waals surface area contributed by atoms with Crippen molar-refractivity contribution in [3.05, 3.63) is 0 Å². The topological polar surface area (TPSA) is 149 Å². The number of hydroxylamine groups is 4. The Morgan fingerprint density at radius 2 is 1.39 bits per heavy atom. The van der Waals surface area contributed by atoms with Gasteiger partial charge in [0, 0.05) is 0 Å². The van der Waals surface area contributed by atoms with Crippen molar-refractivity contribution in [3.8, 4) is 0 Å². The Kier molecular flexibility index (Phi) is 8.95. The van der Waals surface area contributed by atoms with Gasteiger partial charge < -0.3 is 24.9 Å². The Labute approximate surface area is 101 Å². The SMILES string of the molecule is O=C(O)COCN(O)CON(O)COCC(=O)O. The number of carbonyl (C=O) groups is 2. The number of rotatable bonds is 11. The van der Waals surface area contributed by atoms with Crippen LogP contribution in [0.3, 0.4) is 0 Å². The maximum atomic E-state index is 10.1. The number of carboxylic acids is 2. The average Bonchev–Trinajstić information content (AvgIpc) is 2.25. The van der Waals surface area contributed by atoms with Crippen LogP contribution in [-0.4, -0.2) is 76.3 Å². The van der Waals surface area contributed by atoms with E-state index in [4.69, 9.17) is 20.6 Å². The van der Waals surface area contributed by atoms with Gasteiger partial charge in [0.05, 0.1) is 0 Å². The van der Waals surface area contributed by atoms with Crippen molar-refractivity contribution in [1.29, 1.82) is 0 Å². The minimum atomic E-state index is -1.21. The summed E-state index contributed by atoms with van der Waals surface area (Å²) in [7, 11) is 0. The van der Waals surface area contributed by atoms with Crippen molar-refractivity contribution in [2.45, 2.75) is 0 Å². The van der Waals surface area contributed by atoms with Crippen LogP contribution in [0.4, 0.5) is 0 Å². The zero-order chi connectivity index (χ0) is 14.0. The lowest BCUT2D eigenvalue weighted by Gasteiger charge is -2.18. The summed E-state index contributed by atoms with van der Waals surface area (Å²) in [6, 6.07) is 0. The fourth-order valence-corrected chi connectivity index (χ4v) is 0.657. The Morgan fingerprint density at radius 3 is 1.89 bits per heavy atom. The summed E-state index contributed by atoms with van der Waals surface area (Å²) in [5, 5.41) is 35.0. The van der Waals surface area contributed by atoms with E-state index in [1.807, 2.05) is 0 Å². The van der Waals surface area contributed by atoms with Gasteiger partial charge in [-0.3, -0.25) is 10.0 Å². The van der Waals surface area contributed by atoms with Gasteiger partial charge >= 0.3 is 11.9 Å². The second kappa shape index (κ2) is 9.67. The van der Waals surface area contributed by atoms with Gasteiger partial charge in [0.1, 0.15) is 33.4 Å². The van der Waals surface area contributed by atoms with E-state index in [0.717, 1.165) is 0 Å². The zero-order valence-electron chi connectivity index (χ0n) is 9.26. The van der Waals surface area contributed by atoms with E-state index in [9.17, 15) is 9.59 Å². The summed E-state index contributed by atoms with van der Waals surface area (Å²) in [6.45, 7) is -2.74. The molecule has 0 saturated carbocycles. The van der Waals surface area contributed by atoms with Crippen LogP contribution in [0, 0.1) is 0 Å². The highest BCUT2D eigenvalue weighted by Gasteiger charge is 2.07. The number of hydrogen-bond acceptors (Lipinski definition) is 9. The molecule has 0 aromatic carbocycles. The summed E-state index contributed by atoms with van der Waals surface area (Å²) in [6.07, 6.45) is 0. The third-order valence-electron chi connectivity index (χ3n) is 1.25. The molecule has 4 N–H and O–H groups in total. The predicted octanol–water partition coefficient (Wildman–Crippen LogP) is -1.62. The largest absolute Gasteiger partial charge is 0.480 e. The highest BCUT2D eigenvalue weighted by molar-refractivity contribution is 5.68. The number of carboxylic acid groups (broad SMARTS) is 2. The Hall–Kier alpha value is -1.34. The number of hydrogen-bond donors (Lipinski definition) is 4. The van der Waals surface area contributed by atoms with Gasteiger partial charge in [0.25, 0.3) is 0 Å². The van der Waals surface area contributed by atoms with Gasteiger partial charge in [-0.25, -0.2) is 9.59 Å². The van der Waals surface area contributed by atoms with Crippen LogP contribution in [0.25, 0.3) is 0 Å². The molecule has 0 heterocycles. The summed E-state index contributed by atoms with van der Waals surface area (Å²) in [5.74, 6) is -2.41. The van der Waals surface area contributed by atoms with E-state index < -0.39 is 45.3 Å². The van der Waals surface area contributed by atoms with Gasteiger partial charge in [0.2, 0.25) is 0 Å². The standard InChI is InChI=1S/C7H14N2O9/c10-6(11)1-16-3-8(14)4-18-9(15)5-17-2-7(12)13/h14-15H,1-5H2,(H,10,11)(H,12,13). The maximum absolute atomic E-state index is 10.1. The van der Waals surface area contributed by atoms with Gasteiger partial charge in [-0.05, 0) is 5.23 Å². The molecule has 0 bridgehead atoms. The molecule has 11 nitrogen and oxygen atoms in total. The second-order valence-corrected chi connectivity index (χ2v) is 2.86. The normalized spacial score (nSPS) is 11.1. The summed E-state index contributed by atoms with van der Waals surface area (Å²) in [4.78, 5) is 24.6. The molecule has 0 unspecified atom stereocenters. The third-order valence-corrected chi connectivity index (χ3v) is 1.25. The van der Waals surface area contributed by atoms with Crippen LogP contribution in [0.1, 0.15) is 0 Å². The van der Waals surface area contributed by atoms with E-state index >= 15 is 0 Å². The molecule has 0 fully saturated rings. The lowest BCUT2D eigenvalue weighted by molar-refractivity contribution is -0.400. The predicted molar refractivity (Wildman–Crippen MR) is 50.1 cm³/mol. The summed E-state index contributed by atoms with van der Waals surface area (Å²) in [5.41, 5.74) is 0. The molecular weight excluding hydrogens is 256 g/mol. The first-order valence-electron chi connectivity index (χ1n) is 4.54. The minimum Gasteiger partial charge on any atom is -0.480 e. The molecule has 0 aliphatic rings. The fraction of sp³-hybridized carbons (Fsp3) is 0.714. The van der Waals surface area contributed by atoms with Crippen molar-refractivity contribution >= 4 is 11.9 Å². The molecule has 106 valence electrons. The number of ether oxygens (including phenoxy) is 2. The fourth-order valence-electron chi connectivity index (χ4n) is 0.657. The first-order chi connectivity index (χ1) is 8.41. The van der Waals surface area contributed by atoms with Crippen LogP contribution in [0.5, 0.6) is 0 Å². The van der Waals surface area contributed by atoms with E-state index in [1.54, 1.807) is 0 Å². The zero-order valence-corrected chi connectivity index (χ0v) is 9.26. The van der Waals surface area contributed by atoms with Crippen molar-refractivity contribution in [1.82, 2.24) is 10.3 Å². The van der Waals surface area contributed by atoms with Crippen LogP contribution in [0.2, 0.25) is 0 Å². The molecule has 0 aromatic rings. The maximum Gasteiger partial charge on any atom is 0.329 e. The molecule has 0 aliphatic carbocycles. The third kappa shape index (κ3) is 11.2. The van der Waals surface area contributed by atoms with E-state index in [0.29, 0.717) is 5.06 Å². The molecule has 0 atom stereocenters. The molecule has 0 saturated heterocycles. The van der Waals surface area contributed by atoms with E-state index in [-0.39, 0.29) is 5.23 Å².